The highest BCUT2D eigenvalue weighted by molar-refractivity contribution is 7.80. The SMILES string of the molecule is COc1ccc2c(O[C@@H]3C[C@H]4C(=O)N[C@@](C)(C(N)=O)CCCCCCCC[C@H](CC(=O)N5CCCCC5)C(=O)N4C3)cc(-c3ccccc3)nc2c1.O=S([O-])C1CC1. The topological polar surface area (TPSA) is 184 Å². The lowest BCUT2D eigenvalue weighted by molar-refractivity contribution is -0.146. The lowest BCUT2D eigenvalue weighted by Crippen LogP contribution is -2.59. The molecule has 3 N–H and O–H groups in total. The van der Waals surface area contributed by atoms with Gasteiger partial charge in [-0.1, -0.05) is 79.9 Å². The van der Waals surface area contributed by atoms with Crippen LogP contribution in [0.25, 0.3) is 22.2 Å². The van der Waals surface area contributed by atoms with Crippen LogP contribution in [-0.2, 0) is 30.3 Å². The third kappa shape index (κ3) is 11.1. The van der Waals surface area contributed by atoms with E-state index >= 15 is 0 Å². The predicted molar refractivity (Wildman–Crippen MR) is 221 cm³/mol. The Balaban J connectivity index is 0.000000865. The van der Waals surface area contributed by atoms with Crippen molar-refractivity contribution in [2.24, 2.45) is 11.7 Å². The summed E-state index contributed by atoms with van der Waals surface area (Å²) in [4.78, 5) is 63.6. The van der Waals surface area contributed by atoms with E-state index in [4.69, 9.17) is 20.2 Å². The van der Waals surface area contributed by atoms with Crippen molar-refractivity contribution < 1.29 is 37.4 Å². The van der Waals surface area contributed by atoms with Gasteiger partial charge < -0.3 is 34.9 Å². The molecule has 3 saturated heterocycles. The number of likely N-dealkylation sites (tertiary alicyclic amines) is 1. The van der Waals surface area contributed by atoms with E-state index in [1.807, 2.05) is 59.5 Å². The van der Waals surface area contributed by atoms with Gasteiger partial charge in [0.1, 0.15) is 29.2 Å². The number of primary amides is 1. The molecule has 3 aliphatic heterocycles. The Labute approximate surface area is 344 Å². The number of piperidine rings is 1. The largest absolute Gasteiger partial charge is 0.772 e. The number of nitrogens with two attached hydrogens (primary N) is 1. The number of carbonyl (C=O) groups excluding carboxylic acids is 4. The summed E-state index contributed by atoms with van der Waals surface area (Å²) in [5.74, 6) is -0.593. The second-order valence-electron chi connectivity index (χ2n) is 16.4. The standard InChI is InChI=1S/C41H53N5O6.C3H6O2S/c1-41(40(42)50)20-12-6-4-3-5-9-17-29(23-37(47)45-21-13-8-14-22-45)39(49)46-27-31(25-35(46)38(48)44-41)52-36-26-33(28-15-10-7-11-16-28)43-34-24-30(51-2)18-19-32(34)36;4-6(5)3-1-2-3/h7,10-11,15-16,18-19,24,26,29,31,35H,3-6,8-9,12-14,17,20-23,25,27H2,1-2H3,(H2,42,50)(H,44,48);3H,1-2H2,(H,4,5)/p-1/t29-,31-,35+,41-;/m1./s1. The molecule has 58 heavy (non-hydrogen) atoms. The molecule has 3 aromatic rings. The van der Waals surface area contributed by atoms with Crippen LogP contribution in [0.15, 0.2) is 54.6 Å². The van der Waals surface area contributed by atoms with Crippen molar-refractivity contribution in [2.45, 2.75) is 126 Å². The molecule has 4 aliphatic rings. The van der Waals surface area contributed by atoms with Gasteiger partial charge in [-0.25, -0.2) is 4.98 Å². The average Bonchev–Trinajstić information content (AvgIpc) is 4.01. The third-order valence-corrected chi connectivity index (χ3v) is 12.9. The number of ether oxygens (including phenoxy) is 2. The third-order valence-electron chi connectivity index (χ3n) is 11.9. The molecule has 4 heterocycles. The highest BCUT2D eigenvalue weighted by Gasteiger charge is 2.45. The highest BCUT2D eigenvalue weighted by Crippen LogP contribution is 2.36. The number of hydrogen-bond donors (Lipinski definition) is 2. The van der Waals surface area contributed by atoms with Crippen molar-refractivity contribution in [2.75, 3.05) is 26.7 Å². The number of carbonyl (C=O) groups is 4. The normalized spacial score (nSPS) is 25.3. The average molecular weight is 817 g/mol. The number of nitrogens with zero attached hydrogens (tertiary/aromatic N) is 3. The first-order valence-corrected chi connectivity index (χ1v) is 22.1. The second kappa shape index (κ2) is 19.9. The van der Waals surface area contributed by atoms with Crippen LogP contribution in [0.2, 0.25) is 0 Å². The minimum Gasteiger partial charge on any atom is -0.772 e. The van der Waals surface area contributed by atoms with Crippen LogP contribution in [0.5, 0.6) is 11.5 Å². The van der Waals surface area contributed by atoms with Crippen molar-refractivity contribution in [1.29, 1.82) is 0 Å². The van der Waals surface area contributed by atoms with E-state index in [1.165, 1.54) is 0 Å². The number of nitrogens with one attached hydrogen (secondary N) is 1. The van der Waals surface area contributed by atoms with Crippen molar-refractivity contribution in [3.05, 3.63) is 54.6 Å². The summed E-state index contributed by atoms with van der Waals surface area (Å²) < 4.78 is 31.8. The van der Waals surface area contributed by atoms with Crippen LogP contribution in [0, 0.1) is 5.92 Å². The van der Waals surface area contributed by atoms with E-state index in [-0.39, 0.29) is 36.5 Å². The van der Waals surface area contributed by atoms with Crippen LogP contribution in [0.4, 0.5) is 0 Å². The van der Waals surface area contributed by atoms with Gasteiger partial charge in [-0.05, 0) is 64.0 Å². The number of methoxy groups -OCH3 is 1. The van der Waals surface area contributed by atoms with Crippen molar-refractivity contribution >= 4 is 45.6 Å². The monoisotopic (exact) mass is 816 g/mol. The maximum atomic E-state index is 14.6. The highest BCUT2D eigenvalue weighted by atomic mass is 32.2. The number of benzene rings is 2. The Kier molecular flexibility index (Phi) is 14.8. The fraction of sp³-hybridized carbons (Fsp3) is 0.568. The maximum Gasteiger partial charge on any atom is 0.243 e. The van der Waals surface area contributed by atoms with Gasteiger partial charge in [0, 0.05) is 60.2 Å². The van der Waals surface area contributed by atoms with Crippen LogP contribution in [0.1, 0.15) is 103 Å². The van der Waals surface area contributed by atoms with Gasteiger partial charge >= 0.3 is 0 Å². The van der Waals surface area contributed by atoms with E-state index in [0.29, 0.717) is 48.6 Å². The second-order valence-corrected chi connectivity index (χ2v) is 17.6. The molecule has 2 aromatic carbocycles. The Hall–Kier alpha value is -4.56. The first-order chi connectivity index (χ1) is 28.0. The predicted octanol–water partition coefficient (Wildman–Crippen LogP) is 5.80. The van der Waals surface area contributed by atoms with Crippen LogP contribution in [-0.4, -0.2) is 96.9 Å². The zero-order valence-corrected chi connectivity index (χ0v) is 34.6. The summed E-state index contributed by atoms with van der Waals surface area (Å²) >= 11 is -1.76. The van der Waals surface area contributed by atoms with Gasteiger partial charge in [-0.15, -0.1) is 0 Å². The molecule has 7 rings (SSSR count). The van der Waals surface area contributed by atoms with E-state index in [1.54, 1.807) is 18.9 Å². The van der Waals surface area contributed by atoms with Gasteiger partial charge in [0.15, 0.2) is 0 Å². The Morgan fingerprint density at radius 1 is 0.948 bits per heavy atom. The molecule has 1 unspecified atom stereocenters. The van der Waals surface area contributed by atoms with Crippen LogP contribution in [0.3, 0.4) is 0 Å². The molecule has 1 aromatic heterocycles. The Morgan fingerprint density at radius 2 is 1.64 bits per heavy atom. The lowest BCUT2D eigenvalue weighted by atomic mass is 9.92. The molecule has 0 bridgehead atoms. The number of fused-ring (bicyclic) bond motifs is 2. The first-order valence-electron chi connectivity index (χ1n) is 20.9. The number of rotatable bonds is 8. The fourth-order valence-corrected chi connectivity index (χ4v) is 8.70. The summed E-state index contributed by atoms with van der Waals surface area (Å²) in [5, 5.41) is 3.75. The van der Waals surface area contributed by atoms with Crippen molar-refractivity contribution in [3.8, 4) is 22.8 Å². The van der Waals surface area contributed by atoms with Gasteiger partial charge in [0.25, 0.3) is 0 Å². The van der Waals surface area contributed by atoms with Gasteiger partial charge in [0.2, 0.25) is 23.6 Å². The quantitative estimate of drug-likeness (QED) is 0.265. The first kappa shape index (κ1) is 43.0. The molecular formula is C44H58N5O8S-. The molecule has 13 nitrogen and oxygen atoms in total. The van der Waals surface area contributed by atoms with Gasteiger partial charge in [-0.2, -0.15) is 0 Å². The smallest absolute Gasteiger partial charge is 0.243 e. The van der Waals surface area contributed by atoms with Crippen molar-refractivity contribution in [3.63, 3.8) is 0 Å². The molecule has 14 heteroatoms. The Morgan fingerprint density at radius 3 is 2.29 bits per heavy atom. The minimum absolute atomic E-state index is 0.00241. The summed E-state index contributed by atoms with van der Waals surface area (Å²) in [7, 11) is 1.61. The van der Waals surface area contributed by atoms with Crippen LogP contribution >= 0.6 is 0 Å². The van der Waals surface area contributed by atoms with E-state index < -0.39 is 46.5 Å². The zero-order valence-electron chi connectivity index (χ0n) is 33.8. The molecule has 0 spiro atoms. The Bertz CT molecular complexity index is 1940. The summed E-state index contributed by atoms with van der Waals surface area (Å²) in [6.07, 6.45) is 11.0. The lowest BCUT2D eigenvalue weighted by Gasteiger charge is -2.33. The van der Waals surface area contributed by atoms with E-state index in [0.717, 1.165) is 81.6 Å². The number of hydrogen-bond acceptors (Lipinski definition) is 9. The zero-order chi connectivity index (χ0) is 41.2. The summed E-state index contributed by atoms with van der Waals surface area (Å²) in [6.45, 7) is 3.25. The molecule has 0 radical (unpaired) electrons. The van der Waals surface area contributed by atoms with Gasteiger partial charge in [-0.3, -0.25) is 23.4 Å². The molecular weight excluding hydrogens is 759 g/mol. The van der Waals surface area contributed by atoms with Gasteiger partial charge in [0.05, 0.1) is 24.9 Å². The molecule has 4 amide bonds. The minimum atomic E-state index is -1.76. The maximum absolute atomic E-state index is 14.6. The summed E-state index contributed by atoms with van der Waals surface area (Å²) in [6, 6.07) is 16.4. The summed E-state index contributed by atoms with van der Waals surface area (Å²) in [5.41, 5.74) is 6.94. The molecule has 1 aliphatic carbocycles. The van der Waals surface area contributed by atoms with Crippen molar-refractivity contribution in [1.82, 2.24) is 20.1 Å². The number of aromatic nitrogens is 1. The number of amides is 4. The molecule has 1 saturated carbocycles. The molecule has 4 fully saturated rings. The molecule has 5 atom stereocenters. The molecule has 314 valence electrons. The van der Waals surface area contributed by atoms with E-state index in [9.17, 15) is 27.9 Å². The van der Waals surface area contributed by atoms with E-state index in [2.05, 4.69) is 5.32 Å². The number of pyridine rings is 1. The van der Waals surface area contributed by atoms with Crippen LogP contribution < -0.4 is 20.5 Å². The fourth-order valence-electron chi connectivity index (χ4n) is 8.18.